The van der Waals surface area contributed by atoms with Crippen molar-refractivity contribution in [3.05, 3.63) is 87.9 Å². The quantitative estimate of drug-likeness (QED) is 0.209. The van der Waals surface area contributed by atoms with E-state index in [2.05, 4.69) is 0 Å². The minimum atomic E-state index is -0.991. The zero-order chi connectivity index (χ0) is 26.7. The molecule has 37 heavy (non-hydrogen) atoms. The van der Waals surface area contributed by atoms with Gasteiger partial charge in [-0.15, -0.1) is 0 Å². The third-order valence-corrected chi connectivity index (χ3v) is 6.49. The number of aromatic hydroxyl groups is 1. The predicted molar refractivity (Wildman–Crippen MR) is 142 cm³/mol. The number of carbonyl (C=O) groups excluding carboxylic acids is 2. The Kier molecular flexibility index (Phi) is 7.74. The van der Waals surface area contributed by atoms with Crippen molar-refractivity contribution in [2.75, 3.05) is 18.1 Å². The normalized spacial score (nSPS) is 16.8. The fourth-order valence-electron chi connectivity index (χ4n) is 4.20. The maximum atomic E-state index is 13.4. The van der Waals surface area contributed by atoms with Crippen molar-refractivity contribution in [2.45, 2.75) is 33.2 Å². The summed E-state index contributed by atoms with van der Waals surface area (Å²) in [6.07, 6.45) is 0.852. The Morgan fingerprint density at radius 1 is 1.00 bits per heavy atom. The second kappa shape index (κ2) is 11.0. The lowest BCUT2D eigenvalue weighted by Crippen LogP contribution is -2.29. The highest BCUT2D eigenvalue weighted by Gasteiger charge is 2.47. The molecule has 8 heteroatoms. The van der Waals surface area contributed by atoms with Gasteiger partial charge in [0.1, 0.15) is 11.5 Å². The Bertz CT molecular complexity index is 1370. The number of phenols is 1. The second-order valence-electron chi connectivity index (χ2n) is 8.64. The topological polar surface area (TPSA) is 96.3 Å². The number of amides is 1. The van der Waals surface area contributed by atoms with Crippen LogP contribution in [0.3, 0.4) is 0 Å². The van der Waals surface area contributed by atoms with Gasteiger partial charge in [-0.3, -0.25) is 14.5 Å². The number of aliphatic hydroxyl groups is 1. The number of anilines is 1. The van der Waals surface area contributed by atoms with E-state index >= 15 is 0 Å². The summed E-state index contributed by atoms with van der Waals surface area (Å²) in [5, 5.41) is 22.0. The number of carbonyl (C=O) groups is 2. The van der Waals surface area contributed by atoms with Gasteiger partial charge >= 0.3 is 0 Å². The number of ketones is 1. The third-order valence-electron chi connectivity index (χ3n) is 6.08. The van der Waals surface area contributed by atoms with Crippen LogP contribution >= 0.6 is 11.6 Å². The standard InChI is InChI=1S/C29H28ClNO6/c1-4-14-37-21-11-7-18(8-12-21)27(33)25-26(19-9-13-23(32)24(15-19)36-5-2)31(29(35)28(25)34)20-10-6-17(3)22(30)16-20/h6-13,15-16,26,32-33H,4-5,14H2,1-3H3/b27-25+. The monoisotopic (exact) mass is 521 g/mol. The number of rotatable bonds is 8. The number of benzene rings is 3. The number of Topliss-reactive ketones (excluding diaryl/α,β-unsaturated/α-hetero) is 1. The second-order valence-corrected chi connectivity index (χ2v) is 9.04. The molecule has 1 heterocycles. The Hall–Kier alpha value is -3.97. The molecule has 0 aromatic heterocycles. The highest BCUT2D eigenvalue weighted by Crippen LogP contribution is 2.44. The molecule has 0 saturated carbocycles. The summed E-state index contributed by atoms with van der Waals surface area (Å²) >= 11 is 6.35. The number of halogens is 1. The molecular weight excluding hydrogens is 494 g/mol. The van der Waals surface area contributed by atoms with Crippen molar-refractivity contribution in [3.8, 4) is 17.2 Å². The number of hydrogen-bond acceptors (Lipinski definition) is 6. The highest BCUT2D eigenvalue weighted by atomic mass is 35.5. The van der Waals surface area contributed by atoms with Gasteiger partial charge in [0.15, 0.2) is 11.5 Å². The van der Waals surface area contributed by atoms with E-state index in [1.54, 1.807) is 61.5 Å². The zero-order valence-electron chi connectivity index (χ0n) is 20.8. The van der Waals surface area contributed by atoms with E-state index in [9.17, 15) is 19.8 Å². The van der Waals surface area contributed by atoms with Gasteiger partial charge in [-0.25, -0.2) is 0 Å². The van der Waals surface area contributed by atoms with Crippen LogP contribution in [-0.2, 0) is 9.59 Å². The van der Waals surface area contributed by atoms with Crippen LogP contribution in [-0.4, -0.2) is 35.1 Å². The molecule has 0 bridgehead atoms. The van der Waals surface area contributed by atoms with E-state index in [1.165, 1.54) is 11.0 Å². The van der Waals surface area contributed by atoms with Gasteiger partial charge in [-0.05, 0) is 79.9 Å². The van der Waals surface area contributed by atoms with Crippen molar-refractivity contribution < 1.29 is 29.3 Å². The Morgan fingerprint density at radius 3 is 2.38 bits per heavy atom. The lowest BCUT2D eigenvalue weighted by Gasteiger charge is -2.26. The van der Waals surface area contributed by atoms with Crippen LogP contribution in [0.25, 0.3) is 5.76 Å². The predicted octanol–water partition coefficient (Wildman–Crippen LogP) is 6.17. The largest absolute Gasteiger partial charge is 0.507 e. The molecule has 1 amide bonds. The Balaban J connectivity index is 1.89. The molecule has 1 unspecified atom stereocenters. The minimum absolute atomic E-state index is 0.0800. The molecule has 1 atom stereocenters. The molecule has 1 aliphatic rings. The summed E-state index contributed by atoms with van der Waals surface area (Å²) in [7, 11) is 0. The molecule has 0 spiro atoms. The maximum Gasteiger partial charge on any atom is 0.300 e. The molecule has 1 aliphatic heterocycles. The SMILES string of the molecule is CCCOc1ccc(/C(O)=C2\C(=O)C(=O)N(c3ccc(C)c(Cl)c3)C2c2ccc(O)c(OCC)c2)cc1. The van der Waals surface area contributed by atoms with Gasteiger partial charge in [0.2, 0.25) is 0 Å². The van der Waals surface area contributed by atoms with Crippen LogP contribution in [0.5, 0.6) is 17.2 Å². The number of hydrogen-bond donors (Lipinski definition) is 2. The third kappa shape index (κ3) is 5.13. The lowest BCUT2D eigenvalue weighted by molar-refractivity contribution is -0.132. The summed E-state index contributed by atoms with van der Waals surface area (Å²) in [5.74, 6) is -1.22. The van der Waals surface area contributed by atoms with Crippen molar-refractivity contribution in [1.82, 2.24) is 0 Å². The fourth-order valence-corrected chi connectivity index (χ4v) is 4.38. The van der Waals surface area contributed by atoms with Crippen LogP contribution < -0.4 is 14.4 Å². The van der Waals surface area contributed by atoms with Crippen LogP contribution in [0.1, 0.15) is 43.0 Å². The van der Waals surface area contributed by atoms with Gasteiger partial charge in [-0.2, -0.15) is 0 Å². The molecule has 1 fully saturated rings. The number of nitrogens with zero attached hydrogens (tertiary/aromatic N) is 1. The summed E-state index contributed by atoms with van der Waals surface area (Å²) < 4.78 is 11.2. The molecular formula is C29H28ClNO6. The summed E-state index contributed by atoms with van der Waals surface area (Å²) in [4.78, 5) is 28.1. The zero-order valence-corrected chi connectivity index (χ0v) is 21.6. The van der Waals surface area contributed by atoms with Gasteiger partial charge in [0.25, 0.3) is 11.7 Å². The lowest BCUT2D eigenvalue weighted by atomic mass is 9.94. The van der Waals surface area contributed by atoms with Gasteiger partial charge in [-0.1, -0.05) is 30.7 Å². The summed E-state index contributed by atoms with van der Waals surface area (Å²) in [5.41, 5.74) is 1.96. The van der Waals surface area contributed by atoms with E-state index < -0.39 is 17.7 Å². The molecule has 3 aromatic rings. The Morgan fingerprint density at radius 2 is 1.73 bits per heavy atom. The van der Waals surface area contributed by atoms with Crippen molar-refractivity contribution in [1.29, 1.82) is 0 Å². The number of ether oxygens (including phenoxy) is 2. The van der Waals surface area contributed by atoms with Gasteiger partial charge < -0.3 is 19.7 Å². The summed E-state index contributed by atoms with van der Waals surface area (Å²) in [6.45, 7) is 6.47. The number of aryl methyl sites for hydroxylation is 1. The van der Waals surface area contributed by atoms with E-state index in [4.69, 9.17) is 21.1 Å². The van der Waals surface area contributed by atoms with Crippen LogP contribution in [0.4, 0.5) is 5.69 Å². The fraction of sp³-hybridized carbons (Fsp3) is 0.241. The number of phenolic OH excluding ortho intramolecular Hbond substituents is 1. The first-order chi connectivity index (χ1) is 17.8. The van der Waals surface area contributed by atoms with E-state index in [-0.39, 0.29) is 22.8 Å². The first kappa shape index (κ1) is 26.1. The first-order valence-corrected chi connectivity index (χ1v) is 12.4. The smallest absolute Gasteiger partial charge is 0.300 e. The molecule has 7 nitrogen and oxygen atoms in total. The molecule has 1 saturated heterocycles. The van der Waals surface area contributed by atoms with Gasteiger partial charge in [0.05, 0.1) is 24.8 Å². The van der Waals surface area contributed by atoms with Crippen LogP contribution in [0.15, 0.2) is 66.2 Å². The van der Waals surface area contributed by atoms with Crippen LogP contribution in [0, 0.1) is 6.92 Å². The first-order valence-electron chi connectivity index (χ1n) is 12.0. The molecule has 0 radical (unpaired) electrons. The van der Waals surface area contributed by atoms with Crippen LogP contribution in [0.2, 0.25) is 5.02 Å². The molecule has 192 valence electrons. The minimum Gasteiger partial charge on any atom is -0.507 e. The van der Waals surface area contributed by atoms with E-state index in [1.807, 2.05) is 13.8 Å². The van der Waals surface area contributed by atoms with Gasteiger partial charge in [0, 0.05) is 16.3 Å². The van der Waals surface area contributed by atoms with Crippen molar-refractivity contribution >= 4 is 34.7 Å². The Labute approximate surface area is 220 Å². The van der Waals surface area contributed by atoms with Crippen molar-refractivity contribution in [2.24, 2.45) is 0 Å². The van der Waals surface area contributed by atoms with E-state index in [0.29, 0.717) is 40.8 Å². The average Bonchev–Trinajstić information content (AvgIpc) is 3.16. The van der Waals surface area contributed by atoms with Crippen molar-refractivity contribution in [3.63, 3.8) is 0 Å². The number of aliphatic hydroxyl groups excluding tert-OH is 1. The summed E-state index contributed by atoms with van der Waals surface area (Å²) in [6, 6.07) is 15.3. The highest BCUT2D eigenvalue weighted by molar-refractivity contribution is 6.51. The molecule has 3 aromatic carbocycles. The molecule has 4 rings (SSSR count). The maximum absolute atomic E-state index is 13.4. The average molecular weight is 522 g/mol. The van der Waals surface area contributed by atoms with E-state index in [0.717, 1.165) is 12.0 Å². The molecule has 0 aliphatic carbocycles. The molecule has 2 N–H and O–H groups in total.